The van der Waals surface area contributed by atoms with Crippen molar-refractivity contribution in [1.82, 2.24) is 19.7 Å². The number of hydrogen-bond acceptors (Lipinski definition) is 7. The number of halogens is 1. The zero-order valence-corrected chi connectivity index (χ0v) is 21.9. The second-order valence-electron chi connectivity index (χ2n) is 10.3. The van der Waals surface area contributed by atoms with E-state index in [-0.39, 0.29) is 12.7 Å². The molecule has 0 saturated carbocycles. The second kappa shape index (κ2) is 9.98. The number of rotatable bonds is 9. The molecule has 36 heavy (non-hydrogen) atoms. The van der Waals surface area contributed by atoms with Gasteiger partial charge in [-0.15, -0.1) is 0 Å². The third kappa shape index (κ3) is 5.26. The number of pyridine rings is 2. The van der Waals surface area contributed by atoms with Crippen LogP contribution in [0.25, 0.3) is 5.69 Å². The van der Waals surface area contributed by atoms with Crippen molar-refractivity contribution in [3.63, 3.8) is 0 Å². The fraction of sp³-hybridized carbons (Fsp3) is 0.440. The summed E-state index contributed by atoms with van der Waals surface area (Å²) >= 11 is 0. The Morgan fingerprint density at radius 1 is 1.19 bits per heavy atom. The van der Waals surface area contributed by atoms with Gasteiger partial charge >= 0.3 is 0 Å². The van der Waals surface area contributed by atoms with Crippen molar-refractivity contribution in [2.24, 2.45) is 0 Å². The lowest BCUT2D eigenvalue weighted by molar-refractivity contribution is 0.0196. The molecule has 0 N–H and O–H groups in total. The third-order valence-electron chi connectivity index (χ3n) is 6.34. The van der Waals surface area contributed by atoms with Gasteiger partial charge in [-0.05, 0) is 36.7 Å². The third-order valence-corrected chi connectivity index (χ3v) is 8.05. The van der Waals surface area contributed by atoms with Crippen molar-refractivity contribution in [3.05, 3.63) is 54.1 Å². The van der Waals surface area contributed by atoms with Gasteiger partial charge < -0.3 is 14.4 Å². The van der Waals surface area contributed by atoms with Crippen molar-refractivity contribution in [1.29, 1.82) is 0 Å². The highest BCUT2D eigenvalue weighted by Gasteiger charge is 2.34. The van der Waals surface area contributed by atoms with Crippen molar-refractivity contribution in [2.75, 3.05) is 36.3 Å². The van der Waals surface area contributed by atoms with E-state index < -0.39 is 14.2 Å². The monoisotopic (exact) mass is 510 g/mol. The summed E-state index contributed by atoms with van der Waals surface area (Å²) in [5, 5.41) is 4.62. The summed E-state index contributed by atoms with van der Waals surface area (Å²) in [4.78, 5) is 25.6. The zero-order chi connectivity index (χ0) is 25.3. The van der Waals surface area contributed by atoms with Gasteiger partial charge in [0.2, 0.25) is 5.88 Å². The van der Waals surface area contributed by atoms with Crippen LogP contribution in [0.5, 0.6) is 5.88 Å². The SMILES string of the molecule is C[Si](C)(C)CCOCOc1ncccc1N1Cc2nn(-c3ccc(N4CC[C@H](F)C4)nc3)cc2C1=O. The molecule has 1 fully saturated rings. The van der Waals surface area contributed by atoms with Crippen LogP contribution in [0, 0.1) is 0 Å². The van der Waals surface area contributed by atoms with E-state index in [0.29, 0.717) is 55.5 Å². The van der Waals surface area contributed by atoms with Crippen molar-refractivity contribution < 1.29 is 18.7 Å². The van der Waals surface area contributed by atoms with Gasteiger partial charge in [-0.25, -0.2) is 19.0 Å². The summed E-state index contributed by atoms with van der Waals surface area (Å²) < 4.78 is 26.6. The first-order chi connectivity index (χ1) is 17.3. The maximum absolute atomic E-state index is 13.5. The van der Waals surface area contributed by atoms with E-state index in [1.807, 2.05) is 23.1 Å². The van der Waals surface area contributed by atoms with Crippen LogP contribution in [0.4, 0.5) is 15.9 Å². The maximum Gasteiger partial charge on any atom is 0.262 e. The number of alkyl halides is 1. The molecular weight excluding hydrogens is 479 g/mol. The summed E-state index contributed by atoms with van der Waals surface area (Å²) in [6.45, 7) is 8.97. The minimum Gasteiger partial charge on any atom is -0.449 e. The van der Waals surface area contributed by atoms with Gasteiger partial charge in [-0.2, -0.15) is 5.10 Å². The minimum atomic E-state index is -1.18. The quantitative estimate of drug-likeness (QED) is 0.244. The number of aromatic nitrogens is 4. The van der Waals surface area contributed by atoms with E-state index in [0.717, 1.165) is 17.5 Å². The zero-order valence-electron chi connectivity index (χ0n) is 20.9. The van der Waals surface area contributed by atoms with Crippen LogP contribution in [0.15, 0.2) is 42.9 Å². The van der Waals surface area contributed by atoms with Crippen LogP contribution in [0.1, 0.15) is 22.5 Å². The average Bonchev–Trinajstić information content (AvgIpc) is 3.55. The fourth-order valence-corrected chi connectivity index (χ4v) is 5.02. The Bertz CT molecular complexity index is 1230. The molecular formula is C25H31FN6O3Si. The van der Waals surface area contributed by atoms with Crippen molar-refractivity contribution in [2.45, 2.75) is 44.8 Å². The molecule has 0 bridgehead atoms. The first-order valence-electron chi connectivity index (χ1n) is 12.2. The Labute approximate surface area is 210 Å². The molecule has 11 heteroatoms. The summed E-state index contributed by atoms with van der Waals surface area (Å²) in [5.74, 6) is 0.938. The Balaban J connectivity index is 1.24. The van der Waals surface area contributed by atoms with Gasteiger partial charge in [0.15, 0.2) is 6.79 Å². The van der Waals surface area contributed by atoms with E-state index >= 15 is 0 Å². The van der Waals surface area contributed by atoms with E-state index in [1.165, 1.54) is 0 Å². The highest BCUT2D eigenvalue weighted by molar-refractivity contribution is 6.76. The van der Waals surface area contributed by atoms with Crippen LogP contribution in [-0.2, 0) is 11.3 Å². The molecule has 0 aromatic carbocycles. The predicted octanol–water partition coefficient (Wildman–Crippen LogP) is 4.06. The van der Waals surface area contributed by atoms with Crippen LogP contribution in [0.2, 0.25) is 25.7 Å². The second-order valence-corrected chi connectivity index (χ2v) is 16.0. The number of anilines is 2. The molecule has 0 spiro atoms. The molecule has 0 radical (unpaired) electrons. The number of hydrogen-bond donors (Lipinski definition) is 0. The number of amides is 1. The normalized spacial score (nSPS) is 17.7. The van der Waals surface area contributed by atoms with E-state index in [1.54, 1.807) is 34.2 Å². The largest absolute Gasteiger partial charge is 0.449 e. The molecule has 5 rings (SSSR count). The number of nitrogens with zero attached hydrogens (tertiary/aromatic N) is 6. The number of carbonyl (C=O) groups excluding carboxylic acids is 1. The molecule has 1 atom stereocenters. The Kier molecular flexibility index (Phi) is 6.76. The summed E-state index contributed by atoms with van der Waals surface area (Å²) in [5.41, 5.74) is 2.53. The summed E-state index contributed by atoms with van der Waals surface area (Å²) in [6.07, 6.45) is 4.78. The van der Waals surface area contributed by atoms with E-state index in [2.05, 4.69) is 34.7 Å². The molecule has 0 aliphatic carbocycles. The van der Waals surface area contributed by atoms with Gasteiger partial charge in [-0.3, -0.25) is 9.69 Å². The molecule has 0 unspecified atom stereocenters. The average molecular weight is 511 g/mol. The highest BCUT2D eigenvalue weighted by atomic mass is 28.3. The fourth-order valence-electron chi connectivity index (χ4n) is 4.26. The van der Waals surface area contributed by atoms with Gasteiger partial charge in [0.1, 0.15) is 17.7 Å². The number of fused-ring (bicyclic) bond motifs is 1. The van der Waals surface area contributed by atoms with E-state index in [4.69, 9.17) is 9.47 Å². The molecule has 9 nitrogen and oxygen atoms in total. The smallest absolute Gasteiger partial charge is 0.262 e. The number of carbonyl (C=O) groups is 1. The topological polar surface area (TPSA) is 85.6 Å². The molecule has 190 valence electrons. The van der Waals surface area contributed by atoms with Crippen LogP contribution >= 0.6 is 0 Å². The molecule has 1 amide bonds. The lowest BCUT2D eigenvalue weighted by Crippen LogP contribution is -2.25. The first-order valence-corrected chi connectivity index (χ1v) is 15.9. The Morgan fingerprint density at radius 3 is 2.75 bits per heavy atom. The van der Waals surface area contributed by atoms with Crippen molar-refractivity contribution >= 4 is 25.5 Å². The molecule has 3 aromatic heterocycles. The summed E-state index contributed by atoms with van der Waals surface area (Å²) in [6, 6.07) is 8.38. The lowest BCUT2D eigenvalue weighted by atomic mass is 10.3. The molecule has 5 heterocycles. The first kappa shape index (κ1) is 24.4. The Morgan fingerprint density at radius 2 is 2.06 bits per heavy atom. The van der Waals surface area contributed by atoms with Gasteiger partial charge in [0.05, 0.1) is 36.2 Å². The van der Waals surface area contributed by atoms with E-state index in [9.17, 15) is 9.18 Å². The van der Waals surface area contributed by atoms with Crippen LogP contribution in [-0.4, -0.2) is 66.4 Å². The molecule has 3 aromatic rings. The predicted molar refractivity (Wildman–Crippen MR) is 137 cm³/mol. The van der Waals surface area contributed by atoms with Crippen LogP contribution in [0.3, 0.4) is 0 Å². The molecule has 1 saturated heterocycles. The minimum absolute atomic E-state index is 0.0837. The number of ether oxygens (including phenoxy) is 2. The lowest BCUT2D eigenvalue weighted by Gasteiger charge is -2.19. The maximum atomic E-state index is 13.5. The van der Waals surface area contributed by atoms with Gasteiger partial charge in [0, 0.05) is 33.6 Å². The summed E-state index contributed by atoms with van der Waals surface area (Å²) in [7, 11) is -1.18. The van der Waals surface area contributed by atoms with Crippen LogP contribution < -0.4 is 14.5 Å². The molecule has 2 aliphatic heterocycles. The standard InChI is InChI=1S/C25H31FN6O3Si/c1-36(2,3)12-11-34-17-35-24-22(5-4-9-27-24)31-16-21-20(25(31)33)15-32(29-21)19-6-7-23(28-13-19)30-10-8-18(26)14-30/h4-7,9,13,15,18H,8,10-12,14,16-17H2,1-3H3/t18-/m0/s1. The van der Waals surface area contributed by atoms with Crippen molar-refractivity contribution in [3.8, 4) is 11.6 Å². The van der Waals surface area contributed by atoms with Gasteiger partial charge in [-0.1, -0.05) is 19.6 Å². The van der Waals surface area contributed by atoms with Gasteiger partial charge in [0.25, 0.3) is 5.91 Å². The molecule has 2 aliphatic rings. The highest BCUT2D eigenvalue weighted by Crippen LogP contribution is 2.33. The Hall–Kier alpha value is -3.31.